The van der Waals surface area contributed by atoms with Gasteiger partial charge in [0.1, 0.15) is 0 Å². The van der Waals surface area contributed by atoms with Crippen molar-refractivity contribution in [2.75, 3.05) is 6.54 Å². The number of carbonyl (C=O) groups is 3. The van der Waals surface area contributed by atoms with Crippen LogP contribution in [0.4, 0.5) is 0 Å². The van der Waals surface area contributed by atoms with E-state index >= 15 is 0 Å². The summed E-state index contributed by atoms with van der Waals surface area (Å²) in [6, 6.07) is 13.0. The highest BCUT2D eigenvalue weighted by Crippen LogP contribution is 2.23. The van der Waals surface area contributed by atoms with E-state index in [1.165, 1.54) is 6.92 Å². The Bertz CT molecular complexity index is 1160. The second-order valence-corrected chi connectivity index (χ2v) is 6.96. The minimum absolute atomic E-state index is 0.00289. The second-order valence-electron chi connectivity index (χ2n) is 6.96. The number of para-hydroxylation sites is 2. The Morgan fingerprint density at radius 1 is 1.00 bits per heavy atom. The molecule has 0 bridgehead atoms. The van der Waals surface area contributed by atoms with E-state index in [-0.39, 0.29) is 18.5 Å². The van der Waals surface area contributed by atoms with Crippen molar-refractivity contribution in [2.24, 2.45) is 5.92 Å². The van der Waals surface area contributed by atoms with Gasteiger partial charge in [0, 0.05) is 6.54 Å². The van der Waals surface area contributed by atoms with Crippen LogP contribution in [-0.2, 0) is 0 Å². The fraction of sp³-hybridized carbons (Fsp3) is 0.238. The predicted molar refractivity (Wildman–Crippen MR) is 103 cm³/mol. The van der Waals surface area contributed by atoms with E-state index in [1.54, 1.807) is 48.5 Å². The van der Waals surface area contributed by atoms with Crippen molar-refractivity contribution in [1.82, 2.24) is 9.47 Å². The van der Waals surface area contributed by atoms with Gasteiger partial charge >= 0.3 is 5.76 Å². The molecular weight excluding hydrogens is 376 g/mol. The Balaban J connectivity index is 1.48. The molecule has 148 valence electrons. The van der Waals surface area contributed by atoms with E-state index in [2.05, 4.69) is 0 Å². The molecule has 1 aliphatic rings. The average molecular weight is 394 g/mol. The summed E-state index contributed by atoms with van der Waals surface area (Å²) in [6.07, 6.45) is -1.16. The average Bonchev–Trinajstić information content (AvgIpc) is 3.19. The number of imide groups is 1. The van der Waals surface area contributed by atoms with Crippen LogP contribution in [0, 0.1) is 5.92 Å². The molecule has 1 aromatic heterocycles. The number of aromatic nitrogens is 1. The summed E-state index contributed by atoms with van der Waals surface area (Å²) in [6.45, 7) is 1.45. The number of aliphatic hydroxyl groups excluding tert-OH is 1. The number of amides is 2. The molecule has 1 N–H and O–H groups in total. The number of carbonyl (C=O) groups excluding carboxylic acids is 3. The van der Waals surface area contributed by atoms with E-state index in [9.17, 15) is 24.3 Å². The molecule has 2 aromatic carbocycles. The van der Waals surface area contributed by atoms with Gasteiger partial charge in [0.05, 0.1) is 28.7 Å². The molecule has 3 aromatic rings. The normalized spacial score (nSPS) is 15.6. The first kappa shape index (κ1) is 18.8. The zero-order valence-corrected chi connectivity index (χ0v) is 15.6. The predicted octanol–water partition coefficient (Wildman–Crippen LogP) is 1.92. The summed E-state index contributed by atoms with van der Waals surface area (Å²) in [4.78, 5) is 50.7. The van der Waals surface area contributed by atoms with E-state index in [4.69, 9.17) is 4.42 Å². The number of oxazole rings is 1. The zero-order chi connectivity index (χ0) is 20.7. The van der Waals surface area contributed by atoms with E-state index < -0.39 is 35.5 Å². The molecule has 0 saturated carbocycles. The molecule has 0 fully saturated rings. The summed E-state index contributed by atoms with van der Waals surface area (Å²) in [5.41, 5.74) is 1.25. The molecule has 0 unspecified atom stereocenters. The van der Waals surface area contributed by atoms with Crippen LogP contribution in [-0.4, -0.2) is 44.9 Å². The third-order valence-corrected chi connectivity index (χ3v) is 5.20. The first-order valence-electron chi connectivity index (χ1n) is 9.18. The van der Waals surface area contributed by atoms with Crippen LogP contribution in [0.1, 0.15) is 38.9 Å². The molecule has 2 heterocycles. The summed E-state index contributed by atoms with van der Waals surface area (Å²) < 4.78 is 5.96. The van der Waals surface area contributed by atoms with Crippen molar-refractivity contribution >= 4 is 28.8 Å². The number of benzene rings is 2. The fourth-order valence-electron chi connectivity index (χ4n) is 3.50. The minimum atomic E-state index is -1.16. The van der Waals surface area contributed by atoms with Gasteiger partial charge in [-0.15, -0.1) is 0 Å². The van der Waals surface area contributed by atoms with Crippen molar-refractivity contribution in [3.8, 4) is 0 Å². The smallest absolute Gasteiger partial charge is 0.407 e. The van der Waals surface area contributed by atoms with Gasteiger partial charge in [-0.25, -0.2) is 9.36 Å². The molecule has 0 aliphatic carbocycles. The Morgan fingerprint density at radius 2 is 1.59 bits per heavy atom. The number of aliphatic hydroxyl groups is 1. The molecule has 4 rings (SSSR count). The van der Waals surface area contributed by atoms with E-state index in [1.807, 2.05) is 0 Å². The highest BCUT2D eigenvalue weighted by atomic mass is 16.4. The Hall–Kier alpha value is -3.52. The summed E-state index contributed by atoms with van der Waals surface area (Å²) in [7, 11) is 0. The monoisotopic (exact) mass is 394 g/mol. The lowest BCUT2D eigenvalue weighted by atomic mass is 10.0. The lowest BCUT2D eigenvalue weighted by Gasteiger charge is -2.20. The topological polar surface area (TPSA) is 110 Å². The van der Waals surface area contributed by atoms with Crippen molar-refractivity contribution in [3.05, 3.63) is 70.2 Å². The Morgan fingerprint density at radius 3 is 2.24 bits per heavy atom. The Kier molecular flexibility index (Phi) is 4.63. The van der Waals surface area contributed by atoms with Crippen molar-refractivity contribution in [2.45, 2.75) is 19.4 Å². The summed E-state index contributed by atoms with van der Waals surface area (Å²) in [5.74, 6) is -3.23. The molecule has 2 atom stereocenters. The molecule has 8 nitrogen and oxygen atoms in total. The molecule has 1 aliphatic heterocycles. The lowest BCUT2D eigenvalue weighted by molar-refractivity contribution is 0.0524. The number of hydrogen-bond donors (Lipinski definition) is 1. The van der Waals surface area contributed by atoms with Gasteiger partial charge in [0.2, 0.25) is 5.91 Å². The summed E-state index contributed by atoms with van der Waals surface area (Å²) in [5, 5.41) is 10.5. The molecule has 2 amide bonds. The molecule has 0 radical (unpaired) electrons. The van der Waals surface area contributed by atoms with Crippen molar-refractivity contribution in [3.63, 3.8) is 0 Å². The van der Waals surface area contributed by atoms with Crippen molar-refractivity contribution in [1.29, 1.82) is 0 Å². The third kappa shape index (κ3) is 3.07. The second kappa shape index (κ2) is 7.14. The van der Waals surface area contributed by atoms with Crippen molar-refractivity contribution < 1.29 is 23.9 Å². The molecule has 8 heteroatoms. The van der Waals surface area contributed by atoms with Crippen LogP contribution in [0.5, 0.6) is 0 Å². The maximum Gasteiger partial charge on any atom is 0.426 e. The van der Waals surface area contributed by atoms with Crippen LogP contribution in [0.25, 0.3) is 11.1 Å². The number of hydrogen-bond acceptors (Lipinski definition) is 6. The fourth-order valence-corrected chi connectivity index (χ4v) is 3.50. The number of fused-ring (bicyclic) bond motifs is 2. The SMILES string of the molecule is C[C@@H](C(=O)n1c(=O)oc2ccccc21)[C@@H](O)CCN1C(=O)c2ccccc2C1=O. The Labute approximate surface area is 165 Å². The number of nitrogens with zero attached hydrogens (tertiary/aromatic N) is 2. The van der Waals surface area contributed by atoms with Gasteiger partial charge in [0.25, 0.3) is 11.8 Å². The van der Waals surface area contributed by atoms with Crippen LogP contribution >= 0.6 is 0 Å². The van der Waals surface area contributed by atoms with Gasteiger partial charge in [0.15, 0.2) is 5.58 Å². The maximum absolute atomic E-state index is 12.8. The number of rotatable bonds is 5. The first-order chi connectivity index (χ1) is 13.9. The van der Waals surface area contributed by atoms with E-state index in [0.29, 0.717) is 16.6 Å². The highest BCUT2D eigenvalue weighted by Gasteiger charge is 2.36. The zero-order valence-electron chi connectivity index (χ0n) is 15.6. The van der Waals surface area contributed by atoms with Gasteiger partial charge in [-0.2, -0.15) is 0 Å². The van der Waals surface area contributed by atoms with Crippen LogP contribution in [0.15, 0.2) is 57.7 Å². The largest absolute Gasteiger partial charge is 0.426 e. The quantitative estimate of drug-likeness (QED) is 0.662. The highest BCUT2D eigenvalue weighted by molar-refractivity contribution is 6.21. The maximum atomic E-state index is 12.8. The van der Waals surface area contributed by atoms with Crippen LogP contribution in [0.3, 0.4) is 0 Å². The molecular formula is C21H18N2O6. The molecule has 0 spiro atoms. The van der Waals surface area contributed by atoms with Gasteiger partial charge < -0.3 is 9.52 Å². The van der Waals surface area contributed by atoms with Gasteiger partial charge in [-0.1, -0.05) is 31.2 Å². The lowest BCUT2D eigenvalue weighted by Crippen LogP contribution is -2.38. The van der Waals surface area contributed by atoms with Crippen LogP contribution < -0.4 is 5.76 Å². The molecule has 0 saturated heterocycles. The summed E-state index contributed by atoms with van der Waals surface area (Å²) >= 11 is 0. The third-order valence-electron chi connectivity index (χ3n) is 5.20. The standard InChI is InChI=1S/C21H18N2O6/c1-12(18(25)23-15-8-4-5-9-17(15)29-21(23)28)16(24)10-11-22-19(26)13-6-2-3-7-14(13)20(22)27/h2-9,12,16,24H,10-11H2,1H3/t12-,16+/m1/s1. The van der Waals surface area contributed by atoms with Gasteiger partial charge in [-0.3, -0.25) is 19.3 Å². The minimum Gasteiger partial charge on any atom is -0.407 e. The first-order valence-corrected chi connectivity index (χ1v) is 9.18. The van der Waals surface area contributed by atoms with Crippen LogP contribution in [0.2, 0.25) is 0 Å². The van der Waals surface area contributed by atoms with Gasteiger partial charge in [-0.05, 0) is 30.7 Å². The molecule has 29 heavy (non-hydrogen) atoms. The van der Waals surface area contributed by atoms with E-state index in [0.717, 1.165) is 9.47 Å².